The molecule has 0 aliphatic heterocycles. The molecule has 6 nitrogen and oxygen atoms in total. The highest BCUT2D eigenvalue weighted by atomic mass is 79.9. The van der Waals surface area contributed by atoms with Crippen molar-refractivity contribution in [3.05, 3.63) is 51.4 Å². The molecule has 9 heteroatoms. The lowest BCUT2D eigenvalue weighted by Crippen LogP contribution is -2.14. The first-order valence-corrected chi connectivity index (χ1v) is 10.5. The second kappa shape index (κ2) is 8.90. The molecule has 0 radical (unpaired) electrons. The molecule has 1 N–H and O–H groups in total. The standard InChI is InChI=1S/C18H16Br2N4O2S/c1-24-17(11-4-3-5-13(8-11)26-2)22-23-18(24)27-10-16(25)21-15-7-6-12(19)9-14(15)20/h3-9H,10H2,1-2H3,(H,21,25). The van der Waals surface area contributed by atoms with Crippen molar-refractivity contribution < 1.29 is 9.53 Å². The molecule has 3 rings (SSSR count). The van der Waals surface area contributed by atoms with Crippen LogP contribution < -0.4 is 10.1 Å². The molecule has 1 amide bonds. The second-order valence-electron chi connectivity index (χ2n) is 5.56. The lowest BCUT2D eigenvalue weighted by atomic mass is 10.2. The first-order valence-electron chi connectivity index (χ1n) is 7.89. The fourth-order valence-corrected chi connectivity index (χ4v) is 4.22. The van der Waals surface area contributed by atoms with Crippen LogP contribution >= 0.6 is 43.6 Å². The zero-order valence-corrected chi connectivity index (χ0v) is 18.6. The highest BCUT2D eigenvalue weighted by Crippen LogP contribution is 2.28. The highest BCUT2D eigenvalue weighted by molar-refractivity contribution is 9.11. The van der Waals surface area contributed by atoms with E-state index in [1.165, 1.54) is 11.8 Å². The van der Waals surface area contributed by atoms with Gasteiger partial charge in [0.1, 0.15) is 5.75 Å². The van der Waals surface area contributed by atoms with E-state index in [0.29, 0.717) is 11.0 Å². The molecule has 0 spiro atoms. The summed E-state index contributed by atoms with van der Waals surface area (Å²) in [6.07, 6.45) is 0. The van der Waals surface area contributed by atoms with E-state index in [1.54, 1.807) is 7.11 Å². The zero-order chi connectivity index (χ0) is 19.4. The first kappa shape index (κ1) is 19.9. The van der Waals surface area contributed by atoms with E-state index < -0.39 is 0 Å². The molecule has 0 aliphatic carbocycles. The summed E-state index contributed by atoms with van der Waals surface area (Å²) in [5.41, 5.74) is 1.62. The number of methoxy groups -OCH3 is 1. The van der Waals surface area contributed by atoms with Crippen LogP contribution in [0.2, 0.25) is 0 Å². The minimum atomic E-state index is -0.117. The molecule has 0 fully saturated rings. The third-order valence-electron chi connectivity index (χ3n) is 3.70. The maximum atomic E-state index is 12.3. The van der Waals surface area contributed by atoms with Gasteiger partial charge >= 0.3 is 0 Å². The van der Waals surface area contributed by atoms with E-state index in [-0.39, 0.29) is 11.7 Å². The van der Waals surface area contributed by atoms with Crippen molar-refractivity contribution in [2.45, 2.75) is 5.16 Å². The highest BCUT2D eigenvalue weighted by Gasteiger charge is 2.14. The Bertz CT molecular complexity index is 978. The van der Waals surface area contributed by atoms with Crippen molar-refractivity contribution in [3.63, 3.8) is 0 Å². The molecule has 1 aromatic heterocycles. The largest absolute Gasteiger partial charge is 0.497 e. The summed E-state index contributed by atoms with van der Waals surface area (Å²) in [5.74, 6) is 1.58. The fraction of sp³-hybridized carbons (Fsp3) is 0.167. The molecule has 0 aliphatic rings. The van der Waals surface area contributed by atoms with Gasteiger partial charge in [0, 0.05) is 21.6 Å². The van der Waals surface area contributed by atoms with Gasteiger partial charge in [-0.1, -0.05) is 39.8 Å². The quantitative estimate of drug-likeness (QED) is 0.484. The predicted molar refractivity (Wildman–Crippen MR) is 114 cm³/mol. The maximum Gasteiger partial charge on any atom is 0.234 e. The van der Waals surface area contributed by atoms with Crippen LogP contribution in [0.5, 0.6) is 5.75 Å². The lowest BCUT2D eigenvalue weighted by Gasteiger charge is -2.08. The number of hydrogen-bond acceptors (Lipinski definition) is 5. The van der Waals surface area contributed by atoms with Gasteiger partial charge in [0.2, 0.25) is 5.91 Å². The fourth-order valence-electron chi connectivity index (χ4n) is 2.36. The van der Waals surface area contributed by atoms with E-state index in [1.807, 2.05) is 54.1 Å². The van der Waals surface area contributed by atoms with E-state index in [0.717, 1.165) is 25.9 Å². The number of carbonyl (C=O) groups is 1. The van der Waals surface area contributed by atoms with Crippen LogP contribution in [-0.4, -0.2) is 33.5 Å². The van der Waals surface area contributed by atoms with Crippen LogP contribution in [0.15, 0.2) is 56.6 Å². The number of amides is 1. The van der Waals surface area contributed by atoms with Gasteiger partial charge in [0.15, 0.2) is 11.0 Å². The number of halogens is 2. The molecule has 2 aromatic carbocycles. The summed E-state index contributed by atoms with van der Waals surface area (Å²) >= 11 is 8.16. The van der Waals surface area contributed by atoms with E-state index in [4.69, 9.17) is 4.74 Å². The van der Waals surface area contributed by atoms with Crippen molar-refractivity contribution in [2.24, 2.45) is 7.05 Å². The zero-order valence-electron chi connectivity index (χ0n) is 14.6. The van der Waals surface area contributed by atoms with Gasteiger partial charge in [-0.05, 0) is 46.3 Å². The summed E-state index contributed by atoms with van der Waals surface area (Å²) in [7, 11) is 3.50. The van der Waals surface area contributed by atoms with E-state index >= 15 is 0 Å². The molecular formula is C18H16Br2N4O2S. The molecule has 0 unspecified atom stereocenters. The first-order chi connectivity index (χ1) is 13.0. The monoisotopic (exact) mass is 510 g/mol. The molecule has 0 atom stereocenters. The SMILES string of the molecule is COc1cccc(-c2nnc(SCC(=O)Nc3ccc(Br)cc3Br)n2C)c1. The number of rotatable bonds is 6. The van der Waals surface area contributed by atoms with Crippen LogP contribution in [0, 0.1) is 0 Å². The average molecular weight is 512 g/mol. The Balaban J connectivity index is 1.66. The summed E-state index contributed by atoms with van der Waals surface area (Å²) in [6.45, 7) is 0. The van der Waals surface area contributed by atoms with Crippen LogP contribution in [0.4, 0.5) is 5.69 Å². The molecule has 0 saturated heterocycles. The van der Waals surface area contributed by atoms with Gasteiger partial charge in [-0.15, -0.1) is 10.2 Å². The molecule has 1 heterocycles. The summed E-state index contributed by atoms with van der Waals surface area (Å²) in [4.78, 5) is 12.3. The van der Waals surface area contributed by atoms with E-state index in [2.05, 4.69) is 47.4 Å². The number of aromatic nitrogens is 3. The van der Waals surface area contributed by atoms with Crippen molar-refractivity contribution >= 4 is 55.2 Å². The number of thioether (sulfide) groups is 1. The number of hydrogen-bond donors (Lipinski definition) is 1. The van der Waals surface area contributed by atoms with Crippen LogP contribution in [-0.2, 0) is 11.8 Å². The van der Waals surface area contributed by atoms with Crippen LogP contribution in [0.1, 0.15) is 0 Å². The Hall–Kier alpha value is -1.84. The summed E-state index contributed by atoms with van der Waals surface area (Å²) < 4.78 is 8.87. The average Bonchev–Trinajstić information content (AvgIpc) is 3.03. The van der Waals surface area contributed by atoms with Crippen molar-refractivity contribution in [1.29, 1.82) is 0 Å². The van der Waals surface area contributed by atoms with Crippen molar-refractivity contribution in [3.8, 4) is 17.1 Å². The van der Waals surface area contributed by atoms with Gasteiger partial charge in [-0.3, -0.25) is 4.79 Å². The molecule has 140 valence electrons. The minimum absolute atomic E-state index is 0.117. The Labute approximate surface area is 178 Å². The van der Waals surface area contributed by atoms with Gasteiger partial charge in [-0.25, -0.2) is 0 Å². The number of nitrogens with zero attached hydrogens (tertiary/aromatic N) is 3. The van der Waals surface area contributed by atoms with Crippen molar-refractivity contribution in [1.82, 2.24) is 14.8 Å². The third-order valence-corrected chi connectivity index (χ3v) is 5.87. The Morgan fingerprint density at radius 1 is 1.22 bits per heavy atom. The van der Waals surface area contributed by atoms with Gasteiger partial charge < -0.3 is 14.6 Å². The Kier molecular flexibility index (Phi) is 6.56. The van der Waals surface area contributed by atoms with Crippen molar-refractivity contribution in [2.75, 3.05) is 18.2 Å². The smallest absolute Gasteiger partial charge is 0.234 e. The molecule has 27 heavy (non-hydrogen) atoms. The number of carbonyl (C=O) groups excluding carboxylic acids is 1. The molecule has 0 saturated carbocycles. The number of ether oxygens (including phenoxy) is 1. The minimum Gasteiger partial charge on any atom is -0.497 e. The maximum absolute atomic E-state index is 12.3. The Morgan fingerprint density at radius 3 is 2.78 bits per heavy atom. The van der Waals surface area contributed by atoms with Gasteiger partial charge in [0.25, 0.3) is 0 Å². The topological polar surface area (TPSA) is 69.0 Å². The molecule has 3 aromatic rings. The summed E-state index contributed by atoms with van der Waals surface area (Å²) in [6, 6.07) is 13.2. The number of benzene rings is 2. The van der Waals surface area contributed by atoms with Gasteiger partial charge in [0.05, 0.1) is 18.6 Å². The second-order valence-corrected chi connectivity index (χ2v) is 8.27. The van der Waals surface area contributed by atoms with Crippen LogP contribution in [0.25, 0.3) is 11.4 Å². The lowest BCUT2D eigenvalue weighted by molar-refractivity contribution is -0.113. The third kappa shape index (κ3) is 4.91. The Morgan fingerprint density at radius 2 is 2.04 bits per heavy atom. The number of nitrogens with one attached hydrogen (secondary N) is 1. The van der Waals surface area contributed by atoms with E-state index in [9.17, 15) is 4.79 Å². The molecule has 0 bridgehead atoms. The molecular weight excluding hydrogens is 496 g/mol. The van der Waals surface area contributed by atoms with Crippen LogP contribution in [0.3, 0.4) is 0 Å². The normalized spacial score (nSPS) is 10.7. The number of anilines is 1. The summed E-state index contributed by atoms with van der Waals surface area (Å²) in [5, 5.41) is 12.0. The predicted octanol–water partition coefficient (Wildman–Crippen LogP) is 4.75. The van der Waals surface area contributed by atoms with Gasteiger partial charge in [-0.2, -0.15) is 0 Å².